The van der Waals surface area contributed by atoms with Crippen molar-refractivity contribution in [1.29, 1.82) is 0 Å². The molecule has 1 heterocycles. The molecule has 19 heavy (non-hydrogen) atoms. The molecule has 1 aromatic heterocycles. The van der Waals surface area contributed by atoms with E-state index in [1.165, 1.54) is 12.8 Å². The number of fused-ring (bicyclic) bond motifs is 1. The normalized spacial score (nSPS) is 14.6. The summed E-state index contributed by atoms with van der Waals surface area (Å²) in [5.41, 5.74) is 0.989. The summed E-state index contributed by atoms with van der Waals surface area (Å²) in [7, 11) is 0. The largest absolute Gasteiger partial charge is 0.461 e. The number of para-hydroxylation sites is 1. The maximum atomic E-state index is 11.9. The first-order valence-electron chi connectivity index (χ1n) is 6.46. The summed E-state index contributed by atoms with van der Waals surface area (Å²) in [5.74, 6) is 0.356. The van der Waals surface area contributed by atoms with E-state index in [9.17, 15) is 4.79 Å². The molecule has 1 aromatic carbocycles. The second kappa shape index (κ2) is 5.17. The van der Waals surface area contributed by atoms with Crippen LogP contribution in [0, 0.1) is 5.92 Å². The smallest absolute Gasteiger partial charge is 0.356 e. The van der Waals surface area contributed by atoms with Crippen LogP contribution in [0.3, 0.4) is 0 Å². The van der Waals surface area contributed by atoms with Crippen LogP contribution in [-0.4, -0.2) is 17.6 Å². The third-order valence-corrected chi connectivity index (χ3v) is 3.64. The van der Waals surface area contributed by atoms with Crippen molar-refractivity contribution >= 4 is 28.5 Å². The Morgan fingerprint density at radius 2 is 2.16 bits per heavy atom. The number of ether oxygens (including phenoxy) is 1. The van der Waals surface area contributed by atoms with Crippen LogP contribution in [0.5, 0.6) is 0 Å². The van der Waals surface area contributed by atoms with Gasteiger partial charge in [-0.05, 0) is 24.5 Å². The Morgan fingerprint density at radius 1 is 1.37 bits per heavy atom. The van der Waals surface area contributed by atoms with E-state index in [-0.39, 0.29) is 5.69 Å². The van der Waals surface area contributed by atoms with Crippen LogP contribution in [0.1, 0.15) is 29.8 Å². The molecule has 0 spiro atoms. The van der Waals surface area contributed by atoms with E-state index in [4.69, 9.17) is 16.3 Å². The molecule has 2 aromatic rings. The highest BCUT2D eigenvalue weighted by Gasteiger charge is 2.21. The number of carbonyl (C=O) groups excluding carboxylic acids is 1. The zero-order chi connectivity index (χ0) is 13.2. The predicted molar refractivity (Wildman–Crippen MR) is 74.4 cm³/mol. The monoisotopic (exact) mass is 275 g/mol. The number of esters is 1. The molecule has 0 atom stereocenters. The molecule has 3 nitrogen and oxygen atoms in total. The Labute approximate surface area is 116 Å². The Morgan fingerprint density at radius 3 is 2.95 bits per heavy atom. The van der Waals surface area contributed by atoms with Gasteiger partial charge in [0.05, 0.1) is 17.1 Å². The minimum atomic E-state index is -0.395. The predicted octanol–water partition coefficient (Wildman–Crippen LogP) is 3.85. The Bertz CT molecular complexity index is 623. The molecular weight excluding hydrogens is 262 g/mol. The van der Waals surface area contributed by atoms with Crippen LogP contribution >= 0.6 is 11.6 Å². The van der Waals surface area contributed by atoms with E-state index in [0.717, 1.165) is 17.7 Å². The molecule has 0 N–H and O–H groups in total. The molecule has 0 radical (unpaired) electrons. The van der Waals surface area contributed by atoms with E-state index in [0.29, 0.717) is 17.1 Å². The zero-order valence-corrected chi connectivity index (χ0v) is 11.2. The van der Waals surface area contributed by atoms with Crippen LogP contribution in [0.2, 0.25) is 5.02 Å². The minimum absolute atomic E-state index is 0.277. The van der Waals surface area contributed by atoms with Crippen molar-refractivity contribution in [2.45, 2.75) is 19.3 Å². The van der Waals surface area contributed by atoms with Crippen LogP contribution in [0.4, 0.5) is 0 Å². The van der Waals surface area contributed by atoms with Crippen molar-refractivity contribution in [2.24, 2.45) is 5.92 Å². The van der Waals surface area contributed by atoms with Gasteiger partial charge in [0.1, 0.15) is 0 Å². The summed E-state index contributed by atoms with van der Waals surface area (Å²) in [5, 5.41) is 1.37. The third kappa shape index (κ3) is 2.87. The first-order valence-corrected chi connectivity index (χ1v) is 6.84. The second-order valence-corrected chi connectivity index (χ2v) is 5.28. The molecule has 4 heteroatoms. The quantitative estimate of drug-likeness (QED) is 0.796. The van der Waals surface area contributed by atoms with Crippen molar-refractivity contribution in [3.05, 3.63) is 41.0 Å². The molecule has 1 fully saturated rings. The summed E-state index contributed by atoms with van der Waals surface area (Å²) in [6, 6.07) is 9.05. The molecular formula is C15H14ClNO2. The molecule has 0 bridgehead atoms. The average molecular weight is 276 g/mol. The number of halogens is 1. The van der Waals surface area contributed by atoms with Gasteiger partial charge in [-0.25, -0.2) is 9.78 Å². The second-order valence-electron chi connectivity index (χ2n) is 4.87. The van der Waals surface area contributed by atoms with Gasteiger partial charge in [0.2, 0.25) is 0 Å². The van der Waals surface area contributed by atoms with Crippen molar-refractivity contribution in [1.82, 2.24) is 4.98 Å². The molecule has 3 rings (SSSR count). The Balaban J connectivity index is 1.77. The number of carbonyl (C=O) groups is 1. The summed E-state index contributed by atoms with van der Waals surface area (Å²) < 4.78 is 5.22. The number of hydrogen-bond acceptors (Lipinski definition) is 3. The summed E-state index contributed by atoms with van der Waals surface area (Å²) in [6.45, 7) is 0.468. The van der Waals surface area contributed by atoms with E-state index in [2.05, 4.69) is 4.98 Å². The lowest BCUT2D eigenvalue weighted by molar-refractivity contribution is 0.0488. The molecule has 0 aliphatic heterocycles. The standard InChI is InChI=1S/C15H14ClNO2/c16-12-9-14(15(18)19-8-7-10-5-6-10)17-13-4-2-1-3-11(12)13/h1-4,9-10H,5-8H2. The van der Waals surface area contributed by atoms with Gasteiger partial charge in [-0.2, -0.15) is 0 Å². The van der Waals surface area contributed by atoms with E-state index in [1.54, 1.807) is 6.07 Å². The lowest BCUT2D eigenvalue weighted by atomic mass is 10.2. The Hall–Kier alpha value is -1.61. The van der Waals surface area contributed by atoms with Gasteiger partial charge in [0.15, 0.2) is 5.69 Å². The molecule has 98 valence electrons. The lowest BCUT2D eigenvalue weighted by Crippen LogP contribution is -2.09. The van der Waals surface area contributed by atoms with Gasteiger partial charge in [0, 0.05) is 5.39 Å². The number of aromatic nitrogens is 1. The van der Waals surface area contributed by atoms with E-state index >= 15 is 0 Å². The van der Waals surface area contributed by atoms with Crippen LogP contribution in [-0.2, 0) is 4.74 Å². The lowest BCUT2D eigenvalue weighted by Gasteiger charge is -2.06. The third-order valence-electron chi connectivity index (χ3n) is 3.33. The fourth-order valence-corrected chi connectivity index (χ4v) is 2.30. The fraction of sp³-hybridized carbons (Fsp3) is 0.333. The maximum Gasteiger partial charge on any atom is 0.356 e. The first kappa shape index (κ1) is 12.4. The van der Waals surface area contributed by atoms with Gasteiger partial charge < -0.3 is 4.74 Å². The highest BCUT2D eigenvalue weighted by molar-refractivity contribution is 6.35. The maximum absolute atomic E-state index is 11.9. The van der Waals surface area contributed by atoms with Crippen LogP contribution in [0.25, 0.3) is 10.9 Å². The van der Waals surface area contributed by atoms with E-state index in [1.807, 2.05) is 24.3 Å². The topological polar surface area (TPSA) is 39.2 Å². The fourth-order valence-electron chi connectivity index (χ4n) is 2.04. The van der Waals surface area contributed by atoms with Crippen molar-refractivity contribution < 1.29 is 9.53 Å². The highest BCUT2D eigenvalue weighted by atomic mass is 35.5. The van der Waals surface area contributed by atoms with Gasteiger partial charge in [-0.15, -0.1) is 0 Å². The Kier molecular flexibility index (Phi) is 3.38. The van der Waals surface area contributed by atoms with E-state index < -0.39 is 5.97 Å². The minimum Gasteiger partial charge on any atom is -0.461 e. The molecule has 0 amide bonds. The SMILES string of the molecule is O=C(OCCC1CC1)c1cc(Cl)c2ccccc2n1. The number of rotatable bonds is 4. The highest BCUT2D eigenvalue weighted by Crippen LogP contribution is 2.32. The van der Waals surface area contributed by atoms with Gasteiger partial charge in [0.25, 0.3) is 0 Å². The van der Waals surface area contributed by atoms with Crippen molar-refractivity contribution in [3.63, 3.8) is 0 Å². The van der Waals surface area contributed by atoms with Crippen LogP contribution in [0.15, 0.2) is 30.3 Å². The molecule has 0 unspecified atom stereocenters. The zero-order valence-electron chi connectivity index (χ0n) is 10.4. The van der Waals surface area contributed by atoms with Gasteiger partial charge in [-0.1, -0.05) is 42.6 Å². The summed E-state index contributed by atoms with van der Waals surface area (Å²) >= 11 is 6.15. The number of benzene rings is 1. The molecule has 0 saturated heterocycles. The number of pyridine rings is 1. The molecule has 1 saturated carbocycles. The summed E-state index contributed by atoms with van der Waals surface area (Å²) in [6.07, 6.45) is 3.47. The van der Waals surface area contributed by atoms with Crippen LogP contribution < -0.4 is 0 Å². The van der Waals surface area contributed by atoms with Crippen molar-refractivity contribution in [2.75, 3.05) is 6.61 Å². The van der Waals surface area contributed by atoms with Gasteiger partial charge in [-0.3, -0.25) is 0 Å². The van der Waals surface area contributed by atoms with Crippen molar-refractivity contribution in [3.8, 4) is 0 Å². The van der Waals surface area contributed by atoms with Gasteiger partial charge >= 0.3 is 5.97 Å². The number of hydrogen-bond donors (Lipinski definition) is 0. The first-order chi connectivity index (χ1) is 9.24. The average Bonchev–Trinajstić information content (AvgIpc) is 3.23. The number of nitrogens with zero attached hydrogens (tertiary/aromatic N) is 1. The molecule has 1 aliphatic rings. The summed E-state index contributed by atoms with van der Waals surface area (Å²) in [4.78, 5) is 16.2. The molecule has 1 aliphatic carbocycles.